The van der Waals surface area contributed by atoms with E-state index >= 15 is 0 Å². The quantitative estimate of drug-likeness (QED) is 0.478. The summed E-state index contributed by atoms with van der Waals surface area (Å²) in [5.41, 5.74) is 1.15. The van der Waals surface area contributed by atoms with E-state index < -0.39 is 11.7 Å². The lowest BCUT2D eigenvalue weighted by molar-refractivity contribution is 0.102. The van der Waals surface area contributed by atoms with Crippen LogP contribution in [0.25, 0.3) is 0 Å². The van der Waals surface area contributed by atoms with Crippen molar-refractivity contribution in [2.24, 2.45) is 0 Å². The molecule has 1 N–H and O–H groups in total. The number of nitrogens with zero attached hydrogens (tertiary/aromatic N) is 1. The number of carbonyl (C=O) groups is 1. The Hall–Kier alpha value is -3.52. The van der Waals surface area contributed by atoms with Crippen LogP contribution in [-0.2, 0) is 11.3 Å². The molecule has 2 aromatic carbocycles. The van der Waals surface area contributed by atoms with Crippen molar-refractivity contribution in [3.05, 3.63) is 83.6 Å². The molecule has 0 radical (unpaired) electrons. The van der Waals surface area contributed by atoms with Crippen molar-refractivity contribution in [2.75, 3.05) is 25.6 Å². The number of ether oxygens (including phenoxy) is 3. The Bertz CT molecular complexity index is 1010. The molecular weight excluding hydrogens is 406 g/mol. The number of nitrogens with one attached hydrogen (secondary N) is 1. The molecule has 0 saturated heterocycles. The molecule has 31 heavy (non-hydrogen) atoms. The number of aromatic nitrogens is 1. The molecule has 8 heteroatoms. The number of pyridine rings is 1. The van der Waals surface area contributed by atoms with Gasteiger partial charge in [-0.25, -0.2) is 13.8 Å². The summed E-state index contributed by atoms with van der Waals surface area (Å²) in [6, 6.07) is 13.1. The minimum Gasteiger partial charge on any atom is -0.486 e. The van der Waals surface area contributed by atoms with Crippen molar-refractivity contribution < 1.29 is 27.8 Å². The van der Waals surface area contributed by atoms with Gasteiger partial charge in [0.05, 0.1) is 12.2 Å². The van der Waals surface area contributed by atoms with Gasteiger partial charge in [0.25, 0.3) is 5.91 Å². The second-order valence-corrected chi connectivity index (χ2v) is 6.60. The van der Waals surface area contributed by atoms with Crippen molar-refractivity contribution in [3.63, 3.8) is 0 Å². The van der Waals surface area contributed by atoms with Crippen molar-refractivity contribution in [2.45, 2.75) is 13.0 Å². The van der Waals surface area contributed by atoms with Crippen LogP contribution in [0.2, 0.25) is 0 Å². The third-order valence-electron chi connectivity index (χ3n) is 4.21. The maximum absolute atomic E-state index is 14.3. The van der Waals surface area contributed by atoms with E-state index in [2.05, 4.69) is 10.3 Å². The lowest BCUT2D eigenvalue weighted by Gasteiger charge is -2.10. The van der Waals surface area contributed by atoms with Crippen molar-refractivity contribution in [1.82, 2.24) is 4.98 Å². The van der Waals surface area contributed by atoms with Gasteiger partial charge in [-0.2, -0.15) is 0 Å². The number of methoxy groups -OCH3 is 1. The molecule has 0 unspecified atom stereocenters. The van der Waals surface area contributed by atoms with Gasteiger partial charge in [-0.15, -0.1) is 0 Å². The highest BCUT2D eigenvalue weighted by molar-refractivity contribution is 6.04. The van der Waals surface area contributed by atoms with E-state index in [9.17, 15) is 13.6 Å². The van der Waals surface area contributed by atoms with Crippen LogP contribution < -0.4 is 14.8 Å². The van der Waals surface area contributed by atoms with Crippen LogP contribution in [0.15, 0.2) is 60.8 Å². The van der Waals surface area contributed by atoms with Crippen molar-refractivity contribution in [1.29, 1.82) is 0 Å². The molecule has 0 bridgehead atoms. The Labute approximate surface area is 178 Å². The molecule has 1 heterocycles. The first-order chi connectivity index (χ1) is 15.0. The first-order valence-corrected chi connectivity index (χ1v) is 9.61. The largest absolute Gasteiger partial charge is 0.486 e. The van der Waals surface area contributed by atoms with Crippen LogP contribution in [0.5, 0.6) is 11.6 Å². The Morgan fingerprint density at radius 1 is 1.03 bits per heavy atom. The zero-order valence-corrected chi connectivity index (χ0v) is 16.9. The number of benzene rings is 2. The molecule has 3 rings (SSSR count). The number of hydrogen-bond acceptors (Lipinski definition) is 5. The fourth-order valence-electron chi connectivity index (χ4n) is 2.67. The van der Waals surface area contributed by atoms with E-state index in [0.717, 1.165) is 12.5 Å². The molecule has 0 saturated carbocycles. The Kier molecular flexibility index (Phi) is 7.89. The van der Waals surface area contributed by atoms with Gasteiger partial charge in [0.2, 0.25) is 5.88 Å². The molecule has 1 amide bonds. The standard InChI is InChI=1S/C23H22F2N2O4/c1-29-10-3-11-30-22-9-6-17(14-26-22)23(28)27-19-7-8-21(20(25)13-19)31-15-16-4-2-5-18(24)12-16/h2,4-9,12-14H,3,10-11,15H2,1H3,(H,27,28). The summed E-state index contributed by atoms with van der Waals surface area (Å²) in [5, 5.41) is 2.61. The average Bonchev–Trinajstić information content (AvgIpc) is 2.77. The highest BCUT2D eigenvalue weighted by Gasteiger charge is 2.10. The number of carbonyl (C=O) groups excluding carboxylic acids is 1. The first-order valence-electron chi connectivity index (χ1n) is 9.61. The SMILES string of the molecule is COCCCOc1ccc(C(=O)Nc2ccc(OCc3cccc(F)c3)c(F)c2)cn1. The molecule has 0 aliphatic heterocycles. The molecule has 1 aromatic heterocycles. The Balaban J connectivity index is 1.54. The number of anilines is 1. The number of amides is 1. The summed E-state index contributed by atoms with van der Waals surface area (Å²) >= 11 is 0. The Morgan fingerprint density at radius 2 is 1.90 bits per heavy atom. The predicted octanol–water partition coefficient (Wildman–Crippen LogP) is 4.61. The van der Waals surface area contributed by atoms with Gasteiger partial charge in [-0.3, -0.25) is 4.79 Å². The maximum Gasteiger partial charge on any atom is 0.257 e. The molecule has 0 spiro atoms. The average molecular weight is 428 g/mol. The molecular formula is C23H22F2N2O4. The van der Waals surface area contributed by atoms with Crippen LogP contribution in [0.1, 0.15) is 22.3 Å². The van der Waals surface area contributed by atoms with Crippen LogP contribution in [-0.4, -0.2) is 31.2 Å². The molecule has 0 aliphatic rings. The normalized spacial score (nSPS) is 10.5. The van der Waals surface area contributed by atoms with Crippen LogP contribution in [0, 0.1) is 11.6 Å². The van der Waals surface area contributed by atoms with Gasteiger partial charge < -0.3 is 19.5 Å². The number of hydrogen-bond donors (Lipinski definition) is 1. The van der Waals surface area contributed by atoms with Crippen LogP contribution in [0.3, 0.4) is 0 Å². The zero-order chi connectivity index (χ0) is 22.1. The number of halogens is 2. The van der Waals surface area contributed by atoms with E-state index in [4.69, 9.17) is 14.2 Å². The summed E-state index contributed by atoms with van der Waals surface area (Å²) in [5.74, 6) is -1.07. The monoisotopic (exact) mass is 428 g/mol. The summed E-state index contributed by atoms with van der Waals surface area (Å²) in [6.07, 6.45) is 2.11. The topological polar surface area (TPSA) is 69.7 Å². The summed E-state index contributed by atoms with van der Waals surface area (Å²) in [7, 11) is 1.62. The van der Waals surface area contributed by atoms with Crippen molar-refractivity contribution in [3.8, 4) is 11.6 Å². The summed E-state index contributed by atoms with van der Waals surface area (Å²) in [6.45, 7) is 1.07. The third kappa shape index (κ3) is 6.75. The van der Waals surface area contributed by atoms with Gasteiger partial charge >= 0.3 is 0 Å². The van der Waals surface area contributed by atoms with Crippen LogP contribution in [0.4, 0.5) is 14.5 Å². The van der Waals surface area contributed by atoms with E-state index in [1.54, 1.807) is 31.4 Å². The fourth-order valence-corrected chi connectivity index (χ4v) is 2.67. The van der Waals surface area contributed by atoms with Gasteiger partial charge in [-0.1, -0.05) is 12.1 Å². The molecule has 3 aromatic rings. The van der Waals surface area contributed by atoms with Crippen LogP contribution >= 0.6 is 0 Å². The first kappa shape index (κ1) is 22.2. The molecule has 162 valence electrons. The molecule has 0 aliphatic carbocycles. The maximum atomic E-state index is 14.3. The minimum atomic E-state index is -0.646. The number of rotatable bonds is 10. The lowest BCUT2D eigenvalue weighted by Crippen LogP contribution is -2.12. The van der Waals surface area contributed by atoms with E-state index in [0.29, 0.717) is 30.2 Å². The van der Waals surface area contributed by atoms with E-state index in [-0.39, 0.29) is 23.9 Å². The second-order valence-electron chi connectivity index (χ2n) is 6.60. The molecule has 0 fully saturated rings. The van der Waals surface area contributed by atoms with Crippen molar-refractivity contribution >= 4 is 11.6 Å². The highest BCUT2D eigenvalue weighted by Crippen LogP contribution is 2.23. The fraction of sp³-hybridized carbons (Fsp3) is 0.217. The van der Waals surface area contributed by atoms with Gasteiger partial charge in [0.1, 0.15) is 12.4 Å². The van der Waals surface area contributed by atoms with Gasteiger partial charge in [-0.05, 0) is 35.9 Å². The Morgan fingerprint density at radius 3 is 2.61 bits per heavy atom. The molecule has 0 atom stereocenters. The van der Waals surface area contributed by atoms with Gasteiger partial charge in [0.15, 0.2) is 11.6 Å². The summed E-state index contributed by atoms with van der Waals surface area (Å²) in [4.78, 5) is 16.5. The van der Waals surface area contributed by atoms with E-state index in [1.807, 2.05) is 0 Å². The third-order valence-corrected chi connectivity index (χ3v) is 4.21. The smallest absolute Gasteiger partial charge is 0.257 e. The minimum absolute atomic E-state index is 0.00102. The zero-order valence-electron chi connectivity index (χ0n) is 16.9. The highest BCUT2D eigenvalue weighted by atomic mass is 19.1. The second kappa shape index (κ2) is 11.0. The predicted molar refractivity (Wildman–Crippen MR) is 111 cm³/mol. The molecule has 6 nitrogen and oxygen atoms in total. The lowest BCUT2D eigenvalue weighted by atomic mass is 10.2. The van der Waals surface area contributed by atoms with E-state index in [1.165, 1.54) is 30.5 Å². The van der Waals surface area contributed by atoms with Gasteiger partial charge in [0, 0.05) is 44.2 Å². The summed E-state index contributed by atoms with van der Waals surface area (Å²) < 4.78 is 43.3.